The monoisotopic (exact) mass is 1200 g/mol. The number of hydrogen-bond acceptors (Lipinski definition) is 5. The second-order valence-electron chi connectivity index (χ2n) is 27.4. The number of aliphatic hydroxyl groups is 2. The SMILES string of the molecule is CCCCCCCCCCCCCCCCCCCCC(=O)OCCCCCCCCCCCCCCCCCCCC/C=C\CCCCCCCCCCCCCCCCCCCC(=O)NC(CO)C(O)CCCCCCCCCCCCC. The zero-order chi connectivity index (χ0) is 61.3. The van der Waals surface area contributed by atoms with Crippen molar-refractivity contribution in [2.45, 2.75) is 469 Å². The standard InChI is InChI=1S/C79H155NO5/c1-3-5-7-9-11-13-15-16-17-18-43-46-49-53-57-61-65-69-73-79(84)85-74-70-66-62-58-54-50-47-44-41-39-37-35-33-31-29-27-25-23-21-19-20-22-24-26-28-30-32-34-36-38-40-42-45-48-52-56-60-64-68-72-78(83)80-76(75-81)77(82)71-67-63-59-55-51-14-12-10-8-6-4-2/h19-20,76-77,81-82H,3-18,21-75H2,1-2H3,(H,80,83)/b20-19-. The van der Waals surface area contributed by atoms with Gasteiger partial charge in [-0.1, -0.05) is 405 Å². The van der Waals surface area contributed by atoms with Crippen molar-refractivity contribution < 1.29 is 24.5 Å². The minimum Gasteiger partial charge on any atom is -0.466 e. The van der Waals surface area contributed by atoms with Gasteiger partial charge in [0.05, 0.1) is 25.4 Å². The number of amides is 1. The summed E-state index contributed by atoms with van der Waals surface area (Å²) < 4.78 is 5.52. The van der Waals surface area contributed by atoms with Gasteiger partial charge in [0, 0.05) is 12.8 Å². The third kappa shape index (κ3) is 71.6. The summed E-state index contributed by atoms with van der Waals surface area (Å²) in [6.45, 7) is 5.00. The number of unbranched alkanes of at least 4 members (excludes halogenated alkanes) is 62. The largest absolute Gasteiger partial charge is 0.466 e. The molecule has 6 heteroatoms. The third-order valence-electron chi connectivity index (χ3n) is 18.8. The van der Waals surface area contributed by atoms with Crippen molar-refractivity contribution >= 4 is 11.9 Å². The van der Waals surface area contributed by atoms with Gasteiger partial charge < -0.3 is 20.3 Å². The van der Waals surface area contributed by atoms with Crippen LogP contribution in [0.15, 0.2) is 12.2 Å². The topological polar surface area (TPSA) is 95.9 Å². The van der Waals surface area contributed by atoms with Gasteiger partial charge in [0.1, 0.15) is 0 Å². The molecule has 0 aliphatic carbocycles. The Kier molecular flexibility index (Phi) is 73.8. The lowest BCUT2D eigenvalue weighted by Crippen LogP contribution is -2.45. The molecule has 85 heavy (non-hydrogen) atoms. The van der Waals surface area contributed by atoms with E-state index in [0.29, 0.717) is 25.9 Å². The van der Waals surface area contributed by atoms with Crippen LogP contribution in [0, 0.1) is 0 Å². The van der Waals surface area contributed by atoms with Gasteiger partial charge in [0.2, 0.25) is 5.91 Å². The number of allylic oxidation sites excluding steroid dienone is 2. The first-order valence-electron chi connectivity index (χ1n) is 39.4. The quantitative estimate of drug-likeness (QED) is 0.0320. The van der Waals surface area contributed by atoms with E-state index in [1.807, 2.05) is 0 Å². The molecular weight excluding hydrogens is 1040 g/mol. The van der Waals surface area contributed by atoms with E-state index in [4.69, 9.17) is 4.74 Å². The maximum absolute atomic E-state index is 12.5. The molecule has 0 spiro atoms. The number of aliphatic hydroxyl groups excluding tert-OH is 2. The highest BCUT2D eigenvalue weighted by Crippen LogP contribution is 2.20. The lowest BCUT2D eigenvalue weighted by Gasteiger charge is -2.22. The molecule has 0 aromatic rings. The highest BCUT2D eigenvalue weighted by Gasteiger charge is 2.20. The zero-order valence-electron chi connectivity index (χ0n) is 58.1. The minimum atomic E-state index is -0.659. The molecule has 1 amide bonds. The number of rotatable bonds is 75. The van der Waals surface area contributed by atoms with Crippen LogP contribution in [0.25, 0.3) is 0 Å². The molecule has 0 radical (unpaired) electrons. The number of carbonyl (C=O) groups excluding carboxylic acids is 2. The first kappa shape index (κ1) is 83.6. The predicted octanol–water partition coefficient (Wildman–Crippen LogP) is 25.9. The molecule has 0 aliphatic heterocycles. The highest BCUT2D eigenvalue weighted by molar-refractivity contribution is 5.76. The molecule has 2 unspecified atom stereocenters. The second-order valence-corrected chi connectivity index (χ2v) is 27.4. The average molecular weight is 1200 g/mol. The van der Waals surface area contributed by atoms with Gasteiger partial charge in [-0.25, -0.2) is 0 Å². The predicted molar refractivity (Wildman–Crippen MR) is 375 cm³/mol. The van der Waals surface area contributed by atoms with Crippen LogP contribution in [-0.2, 0) is 14.3 Å². The Morgan fingerprint density at radius 2 is 0.553 bits per heavy atom. The average Bonchev–Trinajstić information content (AvgIpc) is 3.51. The second kappa shape index (κ2) is 75.1. The molecule has 0 rings (SSSR count). The number of hydrogen-bond donors (Lipinski definition) is 3. The fraction of sp³-hybridized carbons (Fsp3) is 0.949. The van der Waals surface area contributed by atoms with Gasteiger partial charge in [-0.05, 0) is 51.4 Å². The van der Waals surface area contributed by atoms with Crippen LogP contribution in [0.5, 0.6) is 0 Å². The van der Waals surface area contributed by atoms with Crippen LogP contribution in [0.3, 0.4) is 0 Å². The summed E-state index contributed by atoms with van der Waals surface area (Å²) in [5, 5.41) is 23.2. The van der Waals surface area contributed by atoms with E-state index in [0.717, 1.165) is 38.5 Å². The van der Waals surface area contributed by atoms with Crippen molar-refractivity contribution in [1.29, 1.82) is 0 Å². The molecule has 6 nitrogen and oxygen atoms in total. The van der Waals surface area contributed by atoms with E-state index in [9.17, 15) is 19.8 Å². The van der Waals surface area contributed by atoms with Crippen LogP contribution in [-0.4, -0.2) is 47.4 Å². The Bertz CT molecular complexity index is 1290. The summed E-state index contributed by atoms with van der Waals surface area (Å²) in [5.74, 6) is -0.000955. The maximum atomic E-state index is 12.5. The molecule has 0 saturated carbocycles. The van der Waals surface area contributed by atoms with Gasteiger partial charge in [-0.3, -0.25) is 9.59 Å². The summed E-state index contributed by atoms with van der Waals surface area (Å²) in [6, 6.07) is -0.536. The van der Waals surface area contributed by atoms with E-state index >= 15 is 0 Å². The van der Waals surface area contributed by atoms with Crippen LogP contribution < -0.4 is 5.32 Å². The number of nitrogens with one attached hydrogen (secondary N) is 1. The van der Waals surface area contributed by atoms with E-state index in [1.54, 1.807) is 0 Å². The molecule has 0 fully saturated rings. The van der Waals surface area contributed by atoms with Crippen LogP contribution in [0.2, 0.25) is 0 Å². The van der Waals surface area contributed by atoms with Gasteiger partial charge in [0.25, 0.3) is 0 Å². The van der Waals surface area contributed by atoms with Crippen molar-refractivity contribution in [3.63, 3.8) is 0 Å². The smallest absolute Gasteiger partial charge is 0.305 e. The lowest BCUT2D eigenvalue weighted by atomic mass is 10.0. The van der Waals surface area contributed by atoms with Crippen molar-refractivity contribution in [3.8, 4) is 0 Å². The summed E-state index contributed by atoms with van der Waals surface area (Å²) in [5.41, 5.74) is 0. The summed E-state index contributed by atoms with van der Waals surface area (Å²) in [6.07, 6.45) is 94.7. The van der Waals surface area contributed by atoms with Gasteiger partial charge in [-0.2, -0.15) is 0 Å². The molecular formula is C79H155NO5. The Balaban J connectivity index is 3.28. The van der Waals surface area contributed by atoms with Crippen molar-refractivity contribution in [2.75, 3.05) is 13.2 Å². The minimum absolute atomic E-state index is 0.0280. The van der Waals surface area contributed by atoms with Crippen LogP contribution in [0.1, 0.15) is 457 Å². The summed E-state index contributed by atoms with van der Waals surface area (Å²) >= 11 is 0. The maximum Gasteiger partial charge on any atom is 0.305 e. The van der Waals surface area contributed by atoms with Crippen LogP contribution in [0.4, 0.5) is 0 Å². The van der Waals surface area contributed by atoms with Crippen molar-refractivity contribution in [1.82, 2.24) is 5.32 Å². The molecule has 506 valence electrons. The fourth-order valence-corrected chi connectivity index (χ4v) is 12.8. The molecule has 0 aromatic carbocycles. The van der Waals surface area contributed by atoms with Gasteiger partial charge >= 0.3 is 5.97 Å². The normalized spacial score (nSPS) is 12.5. The Labute approximate surface area is 533 Å². The third-order valence-corrected chi connectivity index (χ3v) is 18.8. The van der Waals surface area contributed by atoms with Crippen LogP contribution >= 0.6 is 0 Å². The molecule has 0 aliphatic rings. The molecule has 3 N–H and O–H groups in total. The molecule has 2 atom stereocenters. The molecule has 0 heterocycles. The molecule has 0 saturated heterocycles. The lowest BCUT2D eigenvalue weighted by molar-refractivity contribution is -0.143. The molecule has 0 bridgehead atoms. The Morgan fingerprint density at radius 3 is 0.835 bits per heavy atom. The van der Waals surface area contributed by atoms with Crippen molar-refractivity contribution in [2.24, 2.45) is 0 Å². The van der Waals surface area contributed by atoms with E-state index < -0.39 is 12.1 Å². The van der Waals surface area contributed by atoms with E-state index in [2.05, 4.69) is 31.3 Å². The van der Waals surface area contributed by atoms with E-state index in [-0.39, 0.29) is 18.5 Å². The number of ether oxygens (including phenoxy) is 1. The van der Waals surface area contributed by atoms with Gasteiger partial charge in [0.15, 0.2) is 0 Å². The zero-order valence-corrected chi connectivity index (χ0v) is 58.1. The summed E-state index contributed by atoms with van der Waals surface area (Å²) in [4.78, 5) is 24.6. The first-order valence-corrected chi connectivity index (χ1v) is 39.4. The Morgan fingerprint density at radius 1 is 0.318 bits per heavy atom. The Hall–Kier alpha value is -1.40. The van der Waals surface area contributed by atoms with E-state index in [1.165, 1.54) is 385 Å². The number of esters is 1. The fourth-order valence-electron chi connectivity index (χ4n) is 12.8. The summed E-state index contributed by atoms with van der Waals surface area (Å²) in [7, 11) is 0. The van der Waals surface area contributed by atoms with Gasteiger partial charge in [-0.15, -0.1) is 0 Å². The number of carbonyl (C=O) groups is 2. The molecule has 0 aromatic heterocycles. The highest BCUT2D eigenvalue weighted by atomic mass is 16.5. The van der Waals surface area contributed by atoms with Crippen molar-refractivity contribution in [3.05, 3.63) is 12.2 Å². The first-order chi connectivity index (χ1) is 42.0.